The van der Waals surface area contributed by atoms with Crippen molar-refractivity contribution in [1.82, 2.24) is 0 Å². The number of carbonyl (C=O) groups excluding carboxylic acids is 1. The van der Waals surface area contributed by atoms with E-state index in [2.05, 4.69) is 27.4 Å². The number of ketones is 1. The van der Waals surface area contributed by atoms with Crippen molar-refractivity contribution in [3.63, 3.8) is 0 Å². The monoisotopic (exact) mass is 332 g/mol. The molecule has 4 fully saturated rings. The Balaban J connectivity index is 1.92. The Kier molecular flexibility index (Phi) is 3.61. The Labute approximate surface area is 146 Å². The van der Waals surface area contributed by atoms with Crippen molar-refractivity contribution in [2.75, 3.05) is 13.7 Å². The molecular formula is C21H32O3. The van der Waals surface area contributed by atoms with Gasteiger partial charge in [0.05, 0.1) is 12.7 Å². The molecule has 0 N–H and O–H groups in total. The lowest BCUT2D eigenvalue weighted by Crippen LogP contribution is -2.54. The summed E-state index contributed by atoms with van der Waals surface area (Å²) < 4.78 is 12.2. The molecule has 4 aliphatic rings. The van der Waals surface area contributed by atoms with E-state index in [1.165, 1.54) is 6.42 Å². The topological polar surface area (TPSA) is 38.8 Å². The van der Waals surface area contributed by atoms with Crippen LogP contribution in [0.5, 0.6) is 0 Å². The maximum Gasteiger partial charge on any atom is 0.145 e. The van der Waals surface area contributed by atoms with Crippen molar-refractivity contribution in [3.8, 4) is 0 Å². The standard InChI is InChI=1S/C21H32O3/c1-6-19(4)11-15-13(2)7-9-20(14(3)18(19)22)10-8-16(23-5)17(20)21(15)12-24-21/h6,13-17H,1,7-12H2,2-5H3/t13-,14+,15-,16-,17?,19-,20+,21+/m1/s1. The molecule has 0 aromatic heterocycles. The third-order valence-corrected chi connectivity index (χ3v) is 8.49. The SMILES string of the molecule is C=C[C@]1(C)C[C@@H]2[C@H](C)CC[C@]3(CC[C@@H](OC)C3[C@]23CO3)[C@@H](C)C1=O. The van der Waals surface area contributed by atoms with Gasteiger partial charge in [-0.05, 0) is 56.3 Å². The number of methoxy groups -OCH3 is 1. The zero-order valence-electron chi connectivity index (χ0n) is 15.6. The van der Waals surface area contributed by atoms with Gasteiger partial charge in [0.25, 0.3) is 0 Å². The van der Waals surface area contributed by atoms with Crippen molar-refractivity contribution in [2.24, 2.45) is 34.5 Å². The Hall–Kier alpha value is -0.670. The number of hydrogen-bond donors (Lipinski definition) is 0. The fraction of sp³-hybridized carbons (Fsp3) is 0.857. The molecule has 0 aromatic carbocycles. The number of ether oxygens (including phenoxy) is 2. The summed E-state index contributed by atoms with van der Waals surface area (Å²) in [5.41, 5.74) is -0.445. The maximum absolute atomic E-state index is 13.5. The van der Waals surface area contributed by atoms with Gasteiger partial charge in [0.15, 0.2) is 0 Å². The van der Waals surface area contributed by atoms with Gasteiger partial charge < -0.3 is 9.47 Å². The molecule has 3 aliphatic carbocycles. The third-order valence-electron chi connectivity index (χ3n) is 8.49. The first-order valence-electron chi connectivity index (χ1n) is 9.69. The summed E-state index contributed by atoms with van der Waals surface area (Å²) in [5.74, 6) is 1.84. The Morgan fingerprint density at radius 2 is 1.96 bits per heavy atom. The average Bonchev–Trinajstić information content (AvgIpc) is 3.30. The molecule has 1 aliphatic heterocycles. The van der Waals surface area contributed by atoms with E-state index in [-0.39, 0.29) is 23.0 Å². The summed E-state index contributed by atoms with van der Waals surface area (Å²) in [6.07, 6.45) is 7.54. The normalized spacial score (nSPS) is 56.5. The molecule has 3 nitrogen and oxygen atoms in total. The van der Waals surface area contributed by atoms with E-state index in [0.29, 0.717) is 23.5 Å². The third kappa shape index (κ3) is 1.89. The number of hydrogen-bond acceptors (Lipinski definition) is 3. The Morgan fingerprint density at radius 3 is 2.54 bits per heavy atom. The predicted molar refractivity (Wildman–Crippen MR) is 93.6 cm³/mol. The lowest BCUT2D eigenvalue weighted by atomic mass is 9.54. The first-order valence-corrected chi connectivity index (χ1v) is 9.69. The van der Waals surface area contributed by atoms with Crippen molar-refractivity contribution in [3.05, 3.63) is 12.7 Å². The molecule has 0 amide bonds. The molecule has 24 heavy (non-hydrogen) atoms. The lowest BCUT2D eigenvalue weighted by Gasteiger charge is -2.49. The van der Waals surface area contributed by atoms with Gasteiger partial charge in [-0.3, -0.25) is 4.79 Å². The molecule has 0 aromatic rings. The van der Waals surface area contributed by atoms with E-state index in [1.54, 1.807) is 0 Å². The van der Waals surface area contributed by atoms with Crippen LogP contribution in [0.4, 0.5) is 0 Å². The van der Waals surface area contributed by atoms with Crippen LogP contribution in [0.15, 0.2) is 12.7 Å². The van der Waals surface area contributed by atoms with Gasteiger partial charge in [-0.15, -0.1) is 6.58 Å². The summed E-state index contributed by atoms with van der Waals surface area (Å²) in [5, 5.41) is 0. The van der Waals surface area contributed by atoms with Crippen LogP contribution in [0.3, 0.4) is 0 Å². The lowest BCUT2D eigenvalue weighted by molar-refractivity contribution is -0.142. The summed E-state index contributed by atoms with van der Waals surface area (Å²) in [6.45, 7) is 11.6. The van der Waals surface area contributed by atoms with E-state index in [4.69, 9.17) is 9.47 Å². The van der Waals surface area contributed by atoms with Crippen molar-refractivity contribution >= 4 is 5.78 Å². The van der Waals surface area contributed by atoms with Crippen molar-refractivity contribution < 1.29 is 14.3 Å². The minimum Gasteiger partial charge on any atom is -0.381 e. The molecular weight excluding hydrogens is 300 g/mol. The predicted octanol–water partition coefficient (Wildman–Crippen LogP) is 4.01. The van der Waals surface area contributed by atoms with Crippen LogP contribution in [0.1, 0.15) is 52.9 Å². The van der Waals surface area contributed by atoms with Crippen molar-refractivity contribution in [1.29, 1.82) is 0 Å². The number of allylic oxidation sites excluding steroid dienone is 1. The Morgan fingerprint density at radius 1 is 1.29 bits per heavy atom. The quantitative estimate of drug-likeness (QED) is 0.566. The van der Waals surface area contributed by atoms with Gasteiger partial charge in [0.2, 0.25) is 0 Å². The minimum atomic E-state index is -0.426. The molecule has 134 valence electrons. The van der Waals surface area contributed by atoms with Gasteiger partial charge in [0.1, 0.15) is 11.4 Å². The van der Waals surface area contributed by atoms with Crippen LogP contribution in [0, 0.1) is 34.5 Å². The molecule has 1 spiro atoms. The average molecular weight is 332 g/mol. The molecule has 1 heterocycles. The van der Waals surface area contributed by atoms with E-state index in [1.807, 2.05) is 13.2 Å². The van der Waals surface area contributed by atoms with Crippen molar-refractivity contribution in [2.45, 2.75) is 64.6 Å². The van der Waals surface area contributed by atoms with E-state index in [0.717, 1.165) is 32.3 Å². The fourth-order valence-corrected chi connectivity index (χ4v) is 6.90. The maximum atomic E-state index is 13.5. The van der Waals surface area contributed by atoms with Crippen LogP contribution in [0.25, 0.3) is 0 Å². The van der Waals surface area contributed by atoms with Crippen LogP contribution in [0.2, 0.25) is 0 Å². The highest BCUT2D eigenvalue weighted by Gasteiger charge is 2.72. The van der Waals surface area contributed by atoms with Crippen LogP contribution < -0.4 is 0 Å². The van der Waals surface area contributed by atoms with E-state index in [9.17, 15) is 4.79 Å². The Bertz CT molecular complexity index is 565. The molecule has 3 heteroatoms. The highest BCUT2D eigenvalue weighted by molar-refractivity contribution is 5.89. The zero-order chi connectivity index (χ0) is 17.3. The largest absolute Gasteiger partial charge is 0.381 e. The van der Waals surface area contributed by atoms with Gasteiger partial charge in [-0.1, -0.05) is 19.9 Å². The molecule has 4 rings (SSSR count). The van der Waals surface area contributed by atoms with E-state index >= 15 is 0 Å². The number of carbonyl (C=O) groups is 1. The number of Topliss-reactive ketones (excluding diaryl/α,β-unsaturated/α-hetero) is 1. The number of rotatable bonds is 2. The molecule has 1 saturated heterocycles. The van der Waals surface area contributed by atoms with Gasteiger partial charge in [0, 0.05) is 24.4 Å². The summed E-state index contributed by atoms with van der Waals surface area (Å²) >= 11 is 0. The molecule has 8 atom stereocenters. The first-order chi connectivity index (χ1) is 11.3. The second-order valence-corrected chi connectivity index (χ2v) is 9.30. The van der Waals surface area contributed by atoms with Gasteiger partial charge in [-0.2, -0.15) is 0 Å². The number of epoxide rings is 1. The summed E-state index contributed by atoms with van der Waals surface area (Å²) in [7, 11) is 1.84. The molecule has 3 saturated carbocycles. The summed E-state index contributed by atoms with van der Waals surface area (Å²) in [6, 6.07) is 0. The first kappa shape index (κ1) is 16.8. The second-order valence-electron chi connectivity index (χ2n) is 9.30. The highest BCUT2D eigenvalue weighted by atomic mass is 16.6. The van der Waals surface area contributed by atoms with Crippen LogP contribution >= 0.6 is 0 Å². The minimum absolute atomic E-state index is 0.0436. The summed E-state index contributed by atoms with van der Waals surface area (Å²) in [4.78, 5) is 13.5. The van der Waals surface area contributed by atoms with E-state index < -0.39 is 5.41 Å². The molecule has 2 bridgehead atoms. The smallest absolute Gasteiger partial charge is 0.145 e. The van der Waals surface area contributed by atoms with Gasteiger partial charge in [-0.25, -0.2) is 0 Å². The van der Waals surface area contributed by atoms with Gasteiger partial charge >= 0.3 is 0 Å². The zero-order valence-corrected chi connectivity index (χ0v) is 15.6. The molecule has 0 radical (unpaired) electrons. The molecule has 1 unspecified atom stereocenters. The fourth-order valence-electron chi connectivity index (χ4n) is 6.90. The highest BCUT2D eigenvalue weighted by Crippen LogP contribution is 2.69. The van der Waals surface area contributed by atoms with Crippen LogP contribution in [-0.4, -0.2) is 31.2 Å². The van der Waals surface area contributed by atoms with Crippen LogP contribution in [-0.2, 0) is 14.3 Å². The second kappa shape index (κ2) is 5.17.